The Bertz CT molecular complexity index is 761. The standard InChI is InChI=1S/C24H29NO2/c1-3-5-17-25(18-6-4-2)24(21-15-11-8-12-16-21)23(26)19-22(27-24)20-13-9-7-10-14-20/h7-16,19H,3-6,17-18H2,1-2H3/t24-/m1/s1. The van der Waals surface area contributed by atoms with E-state index >= 15 is 0 Å². The molecule has 142 valence electrons. The van der Waals surface area contributed by atoms with Crippen LogP contribution in [0.15, 0.2) is 66.7 Å². The number of rotatable bonds is 9. The molecule has 0 fully saturated rings. The second kappa shape index (κ2) is 9.01. The van der Waals surface area contributed by atoms with Crippen LogP contribution in [-0.4, -0.2) is 23.8 Å². The van der Waals surface area contributed by atoms with E-state index < -0.39 is 5.72 Å². The van der Waals surface area contributed by atoms with Crippen molar-refractivity contribution in [3.63, 3.8) is 0 Å². The molecule has 0 saturated heterocycles. The van der Waals surface area contributed by atoms with Crippen molar-refractivity contribution in [2.75, 3.05) is 13.1 Å². The van der Waals surface area contributed by atoms with Gasteiger partial charge >= 0.3 is 0 Å². The lowest BCUT2D eigenvalue weighted by Gasteiger charge is -2.40. The molecule has 0 bridgehead atoms. The zero-order valence-electron chi connectivity index (χ0n) is 16.4. The Labute approximate surface area is 162 Å². The minimum Gasteiger partial charge on any atom is -0.460 e. The summed E-state index contributed by atoms with van der Waals surface area (Å²) in [6.07, 6.45) is 5.92. The van der Waals surface area contributed by atoms with Crippen molar-refractivity contribution < 1.29 is 9.53 Å². The first-order valence-electron chi connectivity index (χ1n) is 10.0. The minimum atomic E-state index is -1.06. The number of ether oxygens (including phenoxy) is 1. The molecule has 0 N–H and O–H groups in total. The fourth-order valence-corrected chi connectivity index (χ4v) is 3.59. The van der Waals surface area contributed by atoms with Gasteiger partial charge in [-0.3, -0.25) is 9.69 Å². The van der Waals surface area contributed by atoms with Crippen molar-refractivity contribution >= 4 is 11.5 Å². The summed E-state index contributed by atoms with van der Waals surface area (Å²) in [7, 11) is 0. The molecular formula is C24H29NO2. The van der Waals surface area contributed by atoms with Crippen LogP contribution in [0.3, 0.4) is 0 Å². The third-order valence-corrected chi connectivity index (χ3v) is 5.09. The third kappa shape index (κ3) is 3.98. The minimum absolute atomic E-state index is 0.0137. The van der Waals surface area contributed by atoms with Crippen molar-refractivity contribution in [3.8, 4) is 0 Å². The summed E-state index contributed by atoms with van der Waals surface area (Å²) in [6, 6.07) is 19.8. The molecule has 0 amide bonds. The summed E-state index contributed by atoms with van der Waals surface area (Å²) >= 11 is 0. The highest BCUT2D eigenvalue weighted by atomic mass is 16.5. The van der Waals surface area contributed by atoms with E-state index in [0.717, 1.165) is 49.9 Å². The van der Waals surface area contributed by atoms with E-state index in [4.69, 9.17) is 4.74 Å². The van der Waals surface area contributed by atoms with Crippen LogP contribution in [0.5, 0.6) is 0 Å². The number of benzene rings is 2. The highest BCUT2D eigenvalue weighted by Gasteiger charge is 2.51. The summed E-state index contributed by atoms with van der Waals surface area (Å²) < 4.78 is 6.53. The maximum absolute atomic E-state index is 13.4. The van der Waals surface area contributed by atoms with Crippen molar-refractivity contribution in [2.45, 2.75) is 45.3 Å². The number of unbranched alkanes of at least 4 members (excludes halogenated alkanes) is 2. The molecule has 2 aromatic carbocycles. The molecule has 0 aromatic heterocycles. The number of nitrogens with zero attached hydrogens (tertiary/aromatic N) is 1. The van der Waals surface area contributed by atoms with Gasteiger partial charge in [-0.05, 0) is 12.8 Å². The molecule has 27 heavy (non-hydrogen) atoms. The molecule has 1 heterocycles. The van der Waals surface area contributed by atoms with Gasteiger partial charge in [-0.15, -0.1) is 0 Å². The van der Waals surface area contributed by atoms with Gasteiger partial charge in [-0.25, -0.2) is 0 Å². The maximum Gasteiger partial charge on any atom is 0.253 e. The van der Waals surface area contributed by atoms with Crippen molar-refractivity contribution in [1.29, 1.82) is 0 Å². The number of carbonyl (C=O) groups is 1. The Morgan fingerprint density at radius 3 is 1.96 bits per heavy atom. The van der Waals surface area contributed by atoms with E-state index in [9.17, 15) is 4.79 Å². The van der Waals surface area contributed by atoms with Crippen molar-refractivity contribution in [3.05, 3.63) is 77.9 Å². The van der Waals surface area contributed by atoms with E-state index in [0.29, 0.717) is 5.76 Å². The van der Waals surface area contributed by atoms with E-state index in [2.05, 4.69) is 18.7 Å². The first-order chi connectivity index (χ1) is 13.2. The Morgan fingerprint density at radius 1 is 0.852 bits per heavy atom. The van der Waals surface area contributed by atoms with Crippen LogP contribution >= 0.6 is 0 Å². The summed E-state index contributed by atoms with van der Waals surface area (Å²) in [5.74, 6) is 0.669. The molecule has 3 nitrogen and oxygen atoms in total. The molecule has 0 unspecified atom stereocenters. The van der Waals surface area contributed by atoms with Gasteiger partial charge < -0.3 is 4.74 Å². The SMILES string of the molecule is CCCCN(CCCC)[C@]1(c2ccccc2)OC(c2ccccc2)=CC1=O. The zero-order chi connectivity index (χ0) is 19.1. The molecule has 2 aromatic rings. The quantitative estimate of drug-likeness (QED) is 0.599. The fraction of sp³-hybridized carbons (Fsp3) is 0.375. The zero-order valence-corrected chi connectivity index (χ0v) is 16.4. The molecule has 0 spiro atoms. The summed E-state index contributed by atoms with van der Waals surface area (Å²) in [4.78, 5) is 15.6. The topological polar surface area (TPSA) is 29.5 Å². The van der Waals surface area contributed by atoms with Crippen molar-refractivity contribution in [1.82, 2.24) is 4.90 Å². The highest BCUT2D eigenvalue weighted by Crippen LogP contribution is 2.42. The smallest absolute Gasteiger partial charge is 0.253 e. The van der Waals surface area contributed by atoms with Gasteiger partial charge in [0, 0.05) is 30.3 Å². The lowest BCUT2D eigenvalue weighted by Crippen LogP contribution is -2.51. The maximum atomic E-state index is 13.4. The van der Waals surface area contributed by atoms with E-state index in [1.165, 1.54) is 0 Å². The number of ketones is 1. The normalized spacial score (nSPS) is 19.2. The van der Waals surface area contributed by atoms with E-state index in [-0.39, 0.29) is 5.78 Å². The van der Waals surface area contributed by atoms with E-state index in [1.54, 1.807) is 6.08 Å². The van der Waals surface area contributed by atoms with Crippen LogP contribution in [0.25, 0.3) is 5.76 Å². The van der Waals surface area contributed by atoms with Gasteiger partial charge in [-0.1, -0.05) is 87.4 Å². The van der Waals surface area contributed by atoms with Crippen LogP contribution in [0.2, 0.25) is 0 Å². The predicted octanol–water partition coefficient (Wildman–Crippen LogP) is 5.38. The summed E-state index contributed by atoms with van der Waals surface area (Å²) in [5.41, 5.74) is 0.788. The summed E-state index contributed by atoms with van der Waals surface area (Å²) in [5, 5.41) is 0. The van der Waals surface area contributed by atoms with Gasteiger partial charge in [0.1, 0.15) is 5.76 Å². The average molecular weight is 364 g/mol. The van der Waals surface area contributed by atoms with Gasteiger partial charge in [-0.2, -0.15) is 0 Å². The molecule has 1 atom stereocenters. The largest absolute Gasteiger partial charge is 0.460 e. The number of hydrogen-bond acceptors (Lipinski definition) is 3. The Hall–Kier alpha value is -2.39. The molecule has 1 aliphatic heterocycles. The average Bonchev–Trinajstić information content (AvgIpc) is 3.07. The first-order valence-corrected chi connectivity index (χ1v) is 10.0. The molecule has 0 radical (unpaired) electrons. The highest BCUT2D eigenvalue weighted by molar-refractivity contribution is 6.05. The molecule has 0 aliphatic carbocycles. The first kappa shape index (κ1) is 19.4. The number of hydrogen-bond donors (Lipinski definition) is 0. The molecular weight excluding hydrogens is 334 g/mol. The Morgan fingerprint density at radius 2 is 1.41 bits per heavy atom. The van der Waals surface area contributed by atoms with E-state index in [1.807, 2.05) is 60.7 Å². The van der Waals surface area contributed by atoms with Crippen LogP contribution in [-0.2, 0) is 15.3 Å². The fourth-order valence-electron chi connectivity index (χ4n) is 3.59. The van der Waals surface area contributed by atoms with Gasteiger partial charge in [0.2, 0.25) is 5.78 Å². The van der Waals surface area contributed by atoms with Gasteiger partial charge in [0.05, 0.1) is 0 Å². The lowest BCUT2D eigenvalue weighted by molar-refractivity contribution is -0.153. The lowest BCUT2D eigenvalue weighted by atomic mass is 9.96. The van der Waals surface area contributed by atoms with Gasteiger partial charge in [0.15, 0.2) is 0 Å². The molecule has 3 heteroatoms. The van der Waals surface area contributed by atoms with Crippen LogP contribution in [0, 0.1) is 0 Å². The van der Waals surface area contributed by atoms with Crippen LogP contribution in [0.1, 0.15) is 50.7 Å². The van der Waals surface area contributed by atoms with Crippen molar-refractivity contribution in [2.24, 2.45) is 0 Å². The monoisotopic (exact) mass is 363 g/mol. The predicted molar refractivity (Wildman–Crippen MR) is 110 cm³/mol. The summed E-state index contributed by atoms with van der Waals surface area (Å²) in [6.45, 7) is 6.04. The second-order valence-corrected chi connectivity index (χ2v) is 7.05. The Balaban J connectivity index is 2.02. The Kier molecular flexibility index (Phi) is 6.46. The number of carbonyl (C=O) groups excluding carboxylic acids is 1. The molecule has 1 aliphatic rings. The third-order valence-electron chi connectivity index (χ3n) is 5.09. The van der Waals surface area contributed by atoms with Crippen LogP contribution < -0.4 is 0 Å². The molecule has 3 rings (SSSR count). The van der Waals surface area contributed by atoms with Gasteiger partial charge in [0.25, 0.3) is 5.72 Å². The van der Waals surface area contributed by atoms with Crippen LogP contribution in [0.4, 0.5) is 0 Å². The molecule has 0 saturated carbocycles. The second-order valence-electron chi connectivity index (χ2n) is 7.05.